The van der Waals surface area contributed by atoms with E-state index in [1.54, 1.807) is 6.08 Å². The first-order chi connectivity index (χ1) is 6.56. The Hall–Kier alpha value is -0.490. The molecule has 0 aromatic heterocycles. The van der Waals surface area contributed by atoms with Crippen LogP contribution in [0.4, 0.5) is 8.78 Å². The zero-order valence-corrected chi connectivity index (χ0v) is 9.59. The Kier molecular flexibility index (Phi) is 4.00. The lowest BCUT2D eigenvalue weighted by Gasteiger charge is -2.12. The highest BCUT2D eigenvalue weighted by atomic mass is 127. The largest absolute Gasteiger partial charge is 0.324 e. The molecule has 0 aliphatic carbocycles. The first-order valence-corrected chi connectivity index (χ1v) is 5.15. The van der Waals surface area contributed by atoms with Crippen molar-refractivity contribution in [3.8, 4) is 0 Å². The fraction of sp³-hybridized carbons (Fsp3) is 0.200. The van der Waals surface area contributed by atoms with Crippen molar-refractivity contribution in [1.82, 2.24) is 0 Å². The number of hydrogen-bond acceptors (Lipinski definition) is 1. The van der Waals surface area contributed by atoms with Crippen LogP contribution in [-0.2, 0) is 0 Å². The van der Waals surface area contributed by atoms with Crippen LogP contribution in [0.1, 0.15) is 18.0 Å². The molecular weight excluding hydrogens is 299 g/mol. The van der Waals surface area contributed by atoms with E-state index in [0.29, 0.717) is 15.6 Å². The zero-order chi connectivity index (χ0) is 10.7. The minimum Gasteiger partial charge on any atom is -0.324 e. The van der Waals surface area contributed by atoms with Gasteiger partial charge in [-0.15, -0.1) is 6.58 Å². The molecule has 1 atom stereocenters. The molecule has 2 N–H and O–H groups in total. The van der Waals surface area contributed by atoms with Crippen LogP contribution in [0.2, 0.25) is 0 Å². The first kappa shape index (κ1) is 11.6. The lowest BCUT2D eigenvalue weighted by atomic mass is 10.0. The predicted molar refractivity (Wildman–Crippen MR) is 60.8 cm³/mol. The van der Waals surface area contributed by atoms with Crippen molar-refractivity contribution < 1.29 is 8.78 Å². The van der Waals surface area contributed by atoms with Gasteiger partial charge in [0.25, 0.3) is 0 Å². The van der Waals surface area contributed by atoms with Crippen molar-refractivity contribution in [2.24, 2.45) is 5.73 Å². The van der Waals surface area contributed by atoms with Gasteiger partial charge < -0.3 is 5.73 Å². The molecular formula is C10H10F2IN. The Morgan fingerprint density at radius 1 is 1.50 bits per heavy atom. The third-order valence-corrected chi connectivity index (χ3v) is 2.98. The molecule has 1 rings (SSSR count). The van der Waals surface area contributed by atoms with Crippen LogP contribution in [0.25, 0.3) is 0 Å². The van der Waals surface area contributed by atoms with Crippen LogP contribution >= 0.6 is 22.6 Å². The van der Waals surface area contributed by atoms with Crippen LogP contribution in [0, 0.1) is 15.2 Å². The van der Waals surface area contributed by atoms with Gasteiger partial charge >= 0.3 is 0 Å². The molecule has 0 amide bonds. The number of hydrogen-bond donors (Lipinski definition) is 1. The van der Waals surface area contributed by atoms with Gasteiger partial charge in [-0.1, -0.05) is 6.08 Å². The van der Waals surface area contributed by atoms with E-state index in [4.69, 9.17) is 5.73 Å². The maximum atomic E-state index is 13.1. The summed E-state index contributed by atoms with van der Waals surface area (Å²) in [7, 11) is 0. The summed E-state index contributed by atoms with van der Waals surface area (Å²) in [5.41, 5.74) is 6.22. The number of nitrogens with two attached hydrogens (primary N) is 1. The Morgan fingerprint density at radius 3 is 2.71 bits per heavy atom. The molecule has 0 heterocycles. The first-order valence-electron chi connectivity index (χ1n) is 4.07. The smallest absolute Gasteiger partial charge is 0.139 e. The third kappa shape index (κ3) is 2.51. The summed E-state index contributed by atoms with van der Waals surface area (Å²) >= 11 is 1.82. The summed E-state index contributed by atoms with van der Waals surface area (Å²) in [6.07, 6.45) is 2.13. The van der Waals surface area contributed by atoms with Crippen molar-refractivity contribution >= 4 is 22.6 Å². The second-order valence-corrected chi connectivity index (χ2v) is 4.00. The van der Waals surface area contributed by atoms with E-state index in [2.05, 4.69) is 6.58 Å². The Bertz CT molecular complexity index is 352. The van der Waals surface area contributed by atoms with Gasteiger partial charge in [0.1, 0.15) is 11.6 Å². The minimum atomic E-state index is -0.600. The number of rotatable bonds is 3. The number of benzene rings is 1. The molecule has 76 valence electrons. The topological polar surface area (TPSA) is 26.0 Å². The zero-order valence-electron chi connectivity index (χ0n) is 7.43. The molecule has 1 aromatic carbocycles. The second kappa shape index (κ2) is 4.84. The molecule has 0 saturated heterocycles. The van der Waals surface area contributed by atoms with Gasteiger partial charge in [0.05, 0.1) is 3.57 Å². The van der Waals surface area contributed by atoms with E-state index in [1.165, 1.54) is 6.07 Å². The third-order valence-electron chi connectivity index (χ3n) is 1.84. The van der Waals surface area contributed by atoms with E-state index in [0.717, 1.165) is 6.07 Å². The van der Waals surface area contributed by atoms with E-state index in [-0.39, 0.29) is 0 Å². The van der Waals surface area contributed by atoms with Gasteiger partial charge in [-0.05, 0) is 40.6 Å². The highest BCUT2D eigenvalue weighted by Gasteiger charge is 2.13. The fourth-order valence-corrected chi connectivity index (χ4v) is 1.86. The van der Waals surface area contributed by atoms with E-state index >= 15 is 0 Å². The Labute approximate surface area is 95.1 Å². The van der Waals surface area contributed by atoms with Gasteiger partial charge in [-0.2, -0.15) is 0 Å². The van der Waals surface area contributed by atoms with Gasteiger partial charge in [0.15, 0.2) is 0 Å². The monoisotopic (exact) mass is 309 g/mol. The molecule has 4 heteroatoms. The maximum Gasteiger partial charge on any atom is 0.139 e. The maximum absolute atomic E-state index is 13.1. The van der Waals surface area contributed by atoms with E-state index in [1.807, 2.05) is 22.6 Å². The highest BCUT2D eigenvalue weighted by molar-refractivity contribution is 14.1. The van der Waals surface area contributed by atoms with Crippen molar-refractivity contribution in [3.63, 3.8) is 0 Å². The number of halogens is 3. The average molecular weight is 309 g/mol. The summed E-state index contributed by atoms with van der Waals surface area (Å²) in [4.78, 5) is 0. The molecule has 0 aliphatic rings. The molecule has 0 fully saturated rings. The van der Waals surface area contributed by atoms with Gasteiger partial charge in [0, 0.05) is 12.1 Å². The normalized spacial score (nSPS) is 12.6. The van der Waals surface area contributed by atoms with Gasteiger partial charge in [-0.25, -0.2) is 8.78 Å². The molecule has 0 radical (unpaired) electrons. The van der Waals surface area contributed by atoms with Crippen molar-refractivity contribution in [2.75, 3.05) is 0 Å². The Morgan fingerprint density at radius 2 is 2.14 bits per heavy atom. The molecule has 0 unspecified atom stereocenters. The van der Waals surface area contributed by atoms with Crippen molar-refractivity contribution in [3.05, 3.63) is 45.6 Å². The van der Waals surface area contributed by atoms with Gasteiger partial charge in [-0.3, -0.25) is 0 Å². The van der Waals surface area contributed by atoms with Crippen LogP contribution in [0.3, 0.4) is 0 Å². The SMILES string of the molecule is C=CC[C@H](N)c1cc(F)cc(F)c1I. The molecule has 0 bridgehead atoms. The van der Waals surface area contributed by atoms with Crippen molar-refractivity contribution in [1.29, 1.82) is 0 Å². The molecule has 14 heavy (non-hydrogen) atoms. The summed E-state index contributed by atoms with van der Waals surface area (Å²) in [6, 6.07) is 1.72. The molecule has 0 aliphatic heterocycles. The molecule has 1 aromatic rings. The average Bonchev–Trinajstić information content (AvgIpc) is 2.11. The molecule has 1 nitrogen and oxygen atoms in total. The lowest BCUT2D eigenvalue weighted by Crippen LogP contribution is -2.12. The lowest BCUT2D eigenvalue weighted by molar-refractivity contribution is 0.567. The summed E-state index contributed by atoms with van der Waals surface area (Å²) in [5, 5.41) is 0. The molecule has 0 spiro atoms. The van der Waals surface area contributed by atoms with Crippen LogP contribution in [-0.4, -0.2) is 0 Å². The highest BCUT2D eigenvalue weighted by Crippen LogP contribution is 2.24. The summed E-state index contributed by atoms with van der Waals surface area (Å²) in [5.74, 6) is -1.17. The minimum absolute atomic E-state index is 0.373. The van der Waals surface area contributed by atoms with Crippen LogP contribution in [0.5, 0.6) is 0 Å². The van der Waals surface area contributed by atoms with E-state index in [9.17, 15) is 8.78 Å². The van der Waals surface area contributed by atoms with Crippen molar-refractivity contribution in [2.45, 2.75) is 12.5 Å². The fourth-order valence-electron chi connectivity index (χ4n) is 1.15. The van der Waals surface area contributed by atoms with Crippen LogP contribution < -0.4 is 5.73 Å². The van der Waals surface area contributed by atoms with E-state index < -0.39 is 17.7 Å². The summed E-state index contributed by atoms with van der Waals surface area (Å²) < 4.78 is 26.4. The van der Waals surface area contributed by atoms with Crippen LogP contribution in [0.15, 0.2) is 24.8 Å². The second-order valence-electron chi connectivity index (χ2n) is 2.92. The summed E-state index contributed by atoms with van der Waals surface area (Å²) in [6.45, 7) is 3.53. The predicted octanol–water partition coefficient (Wildman–Crippen LogP) is 3.15. The molecule has 0 saturated carbocycles. The Balaban J connectivity index is 3.12. The quantitative estimate of drug-likeness (QED) is 0.518. The van der Waals surface area contributed by atoms with Gasteiger partial charge in [0.2, 0.25) is 0 Å². The standard InChI is InChI=1S/C10H10F2IN/c1-2-3-9(14)7-4-6(11)5-8(12)10(7)13/h2,4-5,9H,1,3,14H2/t9-/m0/s1.